The lowest BCUT2D eigenvalue weighted by molar-refractivity contribution is 0.127. The summed E-state index contributed by atoms with van der Waals surface area (Å²) in [6.45, 7) is 0.962. The molecule has 1 saturated heterocycles. The second-order valence-corrected chi connectivity index (χ2v) is 7.00. The van der Waals surface area contributed by atoms with Crippen molar-refractivity contribution in [2.45, 2.75) is 43.2 Å². The Kier molecular flexibility index (Phi) is 5.34. The highest BCUT2D eigenvalue weighted by Gasteiger charge is 2.39. The predicted molar refractivity (Wildman–Crippen MR) is 90.5 cm³/mol. The Balaban J connectivity index is 1.86. The first-order chi connectivity index (χ1) is 11.1. The number of piperidine rings is 1. The molecule has 4 unspecified atom stereocenters. The van der Waals surface area contributed by atoms with Gasteiger partial charge in [-0.2, -0.15) is 0 Å². The Morgan fingerprint density at radius 1 is 1.43 bits per heavy atom. The van der Waals surface area contributed by atoms with Crippen LogP contribution in [0.5, 0.6) is 5.75 Å². The normalized spacial score (nSPS) is 27.5. The zero-order valence-electron chi connectivity index (χ0n) is 13.1. The van der Waals surface area contributed by atoms with Gasteiger partial charge in [0, 0.05) is 30.0 Å². The molecule has 0 saturated carbocycles. The van der Waals surface area contributed by atoms with Crippen LogP contribution in [0.25, 0.3) is 0 Å². The Bertz CT molecular complexity index is 581. The molecule has 0 bridgehead atoms. The molecule has 0 amide bonds. The van der Waals surface area contributed by atoms with E-state index in [1.807, 2.05) is 12.1 Å². The molecule has 126 valence electrons. The van der Waals surface area contributed by atoms with Crippen LogP contribution in [0.2, 0.25) is 0 Å². The van der Waals surface area contributed by atoms with Crippen LogP contribution in [0.3, 0.4) is 0 Å². The van der Waals surface area contributed by atoms with Crippen molar-refractivity contribution in [3.63, 3.8) is 0 Å². The Morgan fingerprint density at radius 3 is 3.00 bits per heavy atom. The fourth-order valence-electron chi connectivity index (χ4n) is 4.15. The summed E-state index contributed by atoms with van der Waals surface area (Å²) in [5, 5.41) is 3.63. The molecule has 1 aliphatic carbocycles. The fourth-order valence-corrected chi connectivity index (χ4v) is 4.61. The van der Waals surface area contributed by atoms with Crippen molar-refractivity contribution in [1.82, 2.24) is 5.32 Å². The minimum absolute atomic E-state index is 0.353. The molecule has 1 aromatic rings. The third-order valence-electron chi connectivity index (χ3n) is 5.03. The van der Waals surface area contributed by atoms with Gasteiger partial charge in [0.05, 0.1) is 7.11 Å². The molecule has 0 aromatic heterocycles. The van der Waals surface area contributed by atoms with Crippen molar-refractivity contribution in [3.05, 3.63) is 29.3 Å². The highest BCUT2D eigenvalue weighted by molar-refractivity contribution is 6.61. The van der Waals surface area contributed by atoms with Gasteiger partial charge in [-0.3, -0.25) is 0 Å². The molecular formula is C17H21Cl2NO3. The lowest BCUT2D eigenvalue weighted by atomic mass is 9.68. The first-order valence-corrected chi connectivity index (χ1v) is 8.81. The Morgan fingerprint density at radius 2 is 2.26 bits per heavy atom. The molecule has 4 nitrogen and oxygen atoms in total. The molecule has 1 N–H and O–H groups in total. The van der Waals surface area contributed by atoms with Crippen molar-refractivity contribution in [2.24, 2.45) is 5.92 Å². The minimum Gasteiger partial charge on any atom is -0.496 e. The minimum atomic E-state index is -0.846. The number of methoxy groups -OCH3 is 1. The second-order valence-electron chi connectivity index (χ2n) is 6.20. The number of hydrogen-bond acceptors (Lipinski definition) is 4. The standard InChI is InChI=1S/C17H21Cl2NO3/c1-22-14-4-2-3-12-11(14)5-6-13-16(12)10(7-8-20-13)9-15(18)23-17(19)21/h2-4,10,13,15-16,20H,5-9H2,1H3. The van der Waals surface area contributed by atoms with E-state index in [-0.39, 0.29) is 0 Å². The quantitative estimate of drug-likeness (QED) is 0.652. The first kappa shape index (κ1) is 16.9. The summed E-state index contributed by atoms with van der Waals surface area (Å²) in [5.74, 6) is 1.67. The van der Waals surface area contributed by atoms with Gasteiger partial charge in [-0.25, -0.2) is 4.79 Å². The number of carbonyl (C=O) groups is 1. The summed E-state index contributed by atoms with van der Waals surface area (Å²) in [6, 6.07) is 6.68. The van der Waals surface area contributed by atoms with Crippen molar-refractivity contribution in [2.75, 3.05) is 13.7 Å². The summed E-state index contributed by atoms with van der Waals surface area (Å²) in [5.41, 5.74) is 1.10. The summed E-state index contributed by atoms with van der Waals surface area (Å²) < 4.78 is 10.4. The number of rotatable bonds is 4. The van der Waals surface area contributed by atoms with E-state index in [0.717, 1.165) is 31.6 Å². The Labute approximate surface area is 146 Å². The fraction of sp³-hybridized carbons (Fsp3) is 0.588. The van der Waals surface area contributed by atoms with Crippen LogP contribution >= 0.6 is 23.2 Å². The number of alkyl halides is 1. The number of halogens is 2. The largest absolute Gasteiger partial charge is 0.496 e. The van der Waals surface area contributed by atoms with Gasteiger partial charge in [0.15, 0.2) is 5.56 Å². The van der Waals surface area contributed by atoms with E-state index in [4.69, 9.17) is 32.7 Å². The Hall–Kier alpha value is -0.970. The molecule has 2 aliphatic rings. The van der Waals surface area contributed by atoms with E-state index in [2.05, 4.69) is 11.4 Å². The van der Waals surface area contributed by atoms with E-state index in [0.29, 0.717) is 24.3 Å². The third-order valence-corrected chi connectivity index (χ3v) is 5.38. The molecule has 1 heterocycles. The van der Waals surface area contributed by atoms with E-state index in [1.54, 1.807) is 7.11 Å². The first-order valence-electron chi connectivity index (χ1n) is 7.99. The average molecular weight is 358 g/mol. The van der Waals surface area contributed by atoms with Gasteiger partial charge in [-0.1, -0.05) is 23.7 Å². The van der Waals surface area contributed by atoms with Crippen LogP contribution in [0.4, 0.5) is 4.79 Å². The van der Waals surface area contributed by atoms with Gasteiger partial charge in [0.1, 0.15) is 5.75 Å². The summed E-state index contributed by atoms with van der Waals surface area (Å²) >= 11 is 11.4. The zero-order valence-corrected chi connectivity index (χ0v) is 14.6. The molecule has 3 rings (SSSR count). The lowest BCUT2D eigenvalue weighted by Gasteiger charge is -2.43. The molecule has 6 heteroatoms. The zero-order chi connectivity index (χ0) is 16.4. The van der Waals surface area contributed by atoms with E-state index < -0.39 is 11.0 Å². The van der Waals surface area contributed by atoms with Gasteiger partial charge in [-0.05, 0) is 48.9 Å². The SMILES string of the molecule is COc1cccc2c1CCC1NCCC(CC(Cl)OC(=O)Cl)C21. The van der Waals surface area contributed by atoms with E-state index in [9.17, 15) is 4.79 Å². The molecule has 0 radical (unpaired) electrons. The number of nitrogens with one attached hydrogen (secondary N) is 1. The molecule has 0 spiro atoms. The second kappa shape index (κ2) is 7.29. The van der Waals surface area contributed by atoms with Crippen molar-refractivity contribution in [1.29, 1.82) is 0 Å². The summed E-state index contributed by atoms with van der Waals surface area (Å²) in [6.07, 6.45) is 3.71. The molecule has 4 atom stereocenters. The summed E-state index contributed by atoms with van der Waals surface area (Å²) in [4.78, 5) is 10.9. The third kappa shape index (κ3) is 3.59. The molecule has 1 aromatic carbocycles. The topological polar surface area (TPSA) is 47.6 Å². The van der Waals surface area contributed by atoms with Gasteiger partial charge in [-0.15, -0.1) is 0 Å². The van der Waals surface area contributed by atoms with Gasteiger partial charge >= 0.3 is 5.43 Å². The number of fused-ring (bicyclic) bond motifs is 3. The lowest BCUT2D eigenvalue weighted by Crippen LogP contribution is -2.47. The van der Waals surface area contributed by atoms with Crippen LogP contribution in [0.1, 0.15) is 36.3 Å². The maximum Gasteiger partial charge on any atom is 0.405 e. The molecule has 1 fully saturated rings. The average Bonchev–Trinajstić information content (AvgIpc) is 2.53. The number of ether oxygens (including phenoxy) is 2. The highest BCUT2D eigenvalue weighted by Crippen LogP contribution is 2.45. The van der Waals surface area contributed by atoms with Crippen LogP contribution in [0, 0.1) is 5.92 Å². The van der Waals surface area contributed by atoms with Crippen LogP contribution in [0.15, 0.2) is 18.2 Å². The highest BCUT2D eigenvalue weighted by atomic mass is 35.5. The van der Waals surface area contributed by atoms with E-state index in [1.165, 1.54) is 11.1 Å². The molecule has 23 heavy (non-hydrogen) atoms. The smallest absolute Gasteiger partial charge is 0.405 e. The van der Waals surface area contributed by atoms with Crippen LogP contribution in [-0.4, -0.2) is 30.7 Å². The van der Waals surface area contributed by atoms with Gasteiger partial charge in [0.2, 0.25) is 0 Å². The van der Waals surface area contributed by atoms with Crippen LogP contribution < -0.4 is 10.1 Å². The summed E-state index contributed by atoms with van der Waals surface area (Å²) in [7, 11) is 1.72. The predicted octanol–water partition coefficient (Wildman–Crippen LogP) is 4.03. The maximum absolute atomic E-state index is 10.9. The maximum atomic E-state index is 10.9. The van der Waals surface area contributed by atoms with Crippen molar-refractivity contribution in [3.8, 4) is 5.75 Å². The number of hydrogen-bond donors (Lipinski definition) is 1. The van der Waals surface area contributed by atoms with Gasteiger partial charge in [0.25, 0.3) is 0 Å². The van der Waals surface area contributed by atoms with Gasteiger partial charge < -0.3 is 14.8 Å². The van der Waals surface area contributed by atoms with Crippen molar-refractivity contribution < 1.29 is 14.3 Å². The van der Waals surface area contributed by atoms with E-state index >= 15 is 0 Å². The van der Waals surface area contributed by atoms with Crippen LogP contribution in [-0.2, 0) is 11.2 Å². The molecule has 1 aliphatic heterocycles. The number of carbonyl (C=O) groups excluding carboxylic acids is 1. The molecular weight excluding hydrogens is 337 g/mol. The van der Waals surface area contributed by atoms with Crippen molar-refractivity contribution >= 4 is 28.6 Å². The number of benzene rings is 1. The monoisotopic (exact) mass is 357 g/mol.